The number of rotatable bonds is 3. The number of Topliss-reactive ketones (excluding diaryl/α,β-unsaturated/α-hetero) is 1. The highest BCUT2D eigenvalue weighted by atomic mass is 19.4. The summed E-state index contributed by atoms with van der Waals surface area (Å²) >= 11 is 0. The molecule has 6 rings (SSSR count). The van der Waals surface area contributed by atoms with Gasteiger partial charge in [-0.3, -0.25) is 4.79 Å². The maximum atomic E-state index is 13.5. The van der Waals surface area contributed by atoms with E-state index in [2.05, 4.69) is 47.2 Å². The third-order valence-electron chi connectivity index (χ3n) is 11.1. The second kappa shape index (κ2) is 10.6. The Balaban J connectivity index is 1.50. The molecule has 8 heteroatoms. The Labute approximate surface area is 245 Å². The van der Waals surface area contributed by atoms with Crippen LogP contribution in [0.5, 0.6) is 0 Å². The topological polar surface area (TPSA) is 62.1 Å². The van der Waals surface area contributed by atoms with Crippen LogP contribution in [0.3, 0.4) is 0 Å². The first-order valence-electron chi connectivity index (χ1n) is 15.2. The van der Waals surface area contributed by atoms with Gasteiger partial charge in [-0.25, -0.2) is 0 Å². The number of carbonyl (C=O) groups excluding carboxylic acids is 1. The molecule has 42 heavy (non-hydrogen) atoms. The zero-order valence-corrected chi connectivity index (χ0v) is 24.6. The van der Waals surface area contributed by atoms with E-state index in [1.54, 1.807) is 0 Å². The van der Waals surface area contributed by atoms with Gasteiger partial charge in [0.15, 0.2) is 0 Å². The predicted molar refractivity (Wildman–Crippen MR) is 155 cm³/mol. The number of fused-ring (bicyclic) bond motifs is 4. The Hall–Kier alpha value is -3.05. The van der Waals surface area contributed by atoms with E-state index in [0.717, 1.165) is 37.2 Å². The minimum atomic E-state index is -4.65. The zero-order chi connectivity index (χ0) is 29.9. The van der Waals surface area contributed by atoms with Crippen LogP contribution in [0.15, 0.2) is 52.2 Å². The normalized spacial score (nSPS) is 35.5. The zero-order valence-electron chi connectivity index (χ0n) is 24.6. The SMILES string of the molecule is CC(=O)[C@@]1(C#CC(F)(F)F)CC[C@H]2[C@@H]3CC(C)C4=CC(=NO)CCC4=C3[C@@H](c3ccc(N4CCOCC4)cc3)C[C@@]21C. The van der Waals surface area contributed by atoms with Crippen molar-refractivity contribution < 1.29 is 27.9 Å². The van der Waals surface area contributed by atoms with Crippen LogP contribution in [0.25, 0.3) is 0 Å². The molecule has 1 N–H and O–H groups in total. The first kappa shape index (κ1) is 29.0. The monoisotopic (exact) mass is 580 g/mol. The number of alkyl halides is 3. The molecule has 1 heterocycles. The average molecular weight is 581 g/mol. The maximum absolute atomic E-state index is 13.5. The van der Waals surface area contributed by atoms with Crippen molar-refractivity contribution in [2.45, 2.75) is 71.4 Å². The van der Waals surface area contributed by atoms with E-state index in [9.17, 15) is 23.2 Å². The summed E-state index contributed by atoms with van der Waals surface area (Å²) < 4.78 is 45.9. The van der Waals surface area contributed by atoms with Crippen molar-refractivity contribution in [1.82, 2.24) is 0 Å². The average Bonchev–Trinajstić information content (AvgIpc) is 3.29. The number of allylic oxidation sites excluding steroid dienone is 4. The van der Waals surface area contributed by atoms with Gasteiger partial charge in [-0.1, -0.05) is 42.6 Å². The Morgan fingerprint density at radius 1 is 1.17 bits per heavy atom. The molecule has 4 aliphatic carbocycles. The molecule has 0 amide bonds. The van der Waals surface area contributed by atoms with E-state index in [-0.39, 0.29) is 29.5 Å². The van der Waals surface area contributed by atoms with Gasteiger partial charge in [0, 0.05) is 30.6 Å². The van der Waals surface area contributed by atoms with Crippen LogP contribution < -0.4 is 4.90 Å². The summed E-state index contributed by atoms with van der Waals surface area (Å²) in [6.45, 7) is 8.72. The quantitative estimate of drug-likeness (QED) is 0.236. The summed E-state index contributed by atoms with van der Waals surface area (Å²) in [5.74, 6) is 4.22. The van der Waals surface area contributed by atoms with Crippen molar-refractivity contribution in [3.8, 4) is 11.8 Å². The number of oxime groups is 1. The van der Waals surface area contributed by atoms with Crippen LogP contribution in [-0.4, -0.2) is 49.2 Å². The lowest BCUT2D eigenvalue weighted by Crippen LogP contribution is -2.50. The van der Waals surface area contributed by atoms with E-state index >= 15 is 0 Å². The van der Waals surface area contributed by atoms with Crippen LogP contribution in [0, 0.1) is 40.4 Å². The molecular weight excluding hydrogens is 541 g/mol. The number of ketones is 1. The number of hydrogen-bond donors (Lipinski definition) is 1. The molecule has 5 nitrogen and oxygen atoms in total. The van der Waals surface area contributed by atoms with Gasteiger partial charge in [-0.15, -0.1) is 0 Å². The van der Waals surface area contributed by atoms with E-state index in [1.807, 2.05) is 13.0 Å². The molecule has 1 unspecified atom stereocenters. The van der Waals surface area contributed by atoms with E-state index < -0.39 is 17.0 Å². The fourth-order valence-corrected chi connectivity index (χ4v) is 9.16. The minimum absolute atomic E-state index is 0.0435. The summed E-state index contributed by atoms with van der Waals surface area (Å²) in [5.41, 5.74) is 4.81. The Bertz CT molecular complexity index is 1410. The van der Waals surface area contributed by atoms with Gasteiger partial charge < -0.3 is 14.8 Å². The standard InChI is InChI=1S/C34H39F3N2O3/c1-21-18-28-30-10-11-33(22(2)40,12-13-34(35,36)37)32(30,3)20-29(31(28)26-9-6-24(38-41)19-27(21)26)23-4-7-25(8-5-23)39-14-16-42-17-15-39/h4-5,7-8,19,21,28-30,41H,6,9-11,14-18,20H2,1-3H3/t21?,28-,29+,30-,32-,33-/m0/s1. The lowest BCUT2D eigenvalue weighted by atomic mass is 9.47. The third kappa shape index (κ3) is 4.69. The molecule has 1 saturated heterocycles. The Kier molecular flexibility index (Phi) is 7.32. The smallest absolute Gasteiger partial charge is 0.411 e. The van der Waals surface area contributed by atoms with Crippen molar-refractivity contribution in [1.29, 1.82) is 0 Å². The van der Waals surface area contributed by atoms with E-state index in [1.165, 1.54) is 29.6 Å². The van der Waals surface area contributed by atoms with Crippen molar-refractivity contribution in [3.63, 3.8) is 0 Å². The second-order valence-electron chi connectivity index (χ2n) is 13.1. The highest BCUT2D eigenvalue weighted by Gasteiger charge is 2.65. The highest BCUT2D eigenvalue weighted by molar-refractivity contribution is 5.97. The molecule has 0 spiro atoms. The Morgan fingerprint density at radius 2 is 1.88 bits per heavy atom. The lowest BCUT2D eigenvalue weighted by molar-refractivity contribution is -0.130. The summed E-state index contributed by atoms with van der Waals surface area (Å²) in [6, 6.07) is 8.62. The summed E-state index contributed by atoms with van der Waals surface area (Å²) in [4.78, 5) is 15.7. The molecule has 0 radical (unpaired) electrons. The number of hydrogen-bond acceptors (Lipinski definition) is 5. The fourth-order valence-electron chi connectivity index (χ4n) is 9.16. The molecule has 5 aliphatic rings. The lowest BCUT2D eigenvalue weighted by Gasteiger charge is -2.55. The molecule has 0 bridgehead atoms. The fraction of sp³-hybridized carbons (Fsp3) is 0.588. The van der Waals surface area contributed by atoms with Crippen LogP contribution in [0.4, 0.5) is 18.9 Å². The summed E-state index contributed by atoms with van der Waals surface area (Å²) in [7, 11) is 0. The van der Waals surface area contributed by atoms with Crippen LogP contribution in [0.1, 0.15) is 70.8 Å². The van der Waals surface area contributed by atoms with Gasteiger partial charge in [0.1, 0.15) is 5.78 Å². The van der Waals surface area contributed by atoms with Gasteiger partial charge in [0.25, 0.3) is 0 Å². The highest BCUT2D eigenvalue weighted by Crippen LogP contribution is 2.70. The number of halogens is 3. The third-order valence-corrected chi connectivity index (χ3v) is 11.1. The van der Waals surface area contributed by atoms with Gasteiger partial charge in [0.05, 0.1) is 24.3 Å². The molecule has 0 aromatic heterocycles. The molecular formula is C34H39F3N2O3. The number of morpholine rings is 1. The molecule has 224 valence electrons. The second-order valence-corrected chi connectivity index (χ2v) is 13.1. The van der Waals surface area contributed by atoms with Crippen LogP contribution in [0.2, 0.25) is 0 Å². The summed E-state index contributed by atoms with van der Waals surface area (Å²) in [6.07, 6.45) is 1.26. The predicted octanol–water partition coefficient (Wildman–Crippen LogP) is 7.07. The van der Waals surface area contributed by atoms with E-state index in [0.29, 0.717) is 44.6 Å². The Morgan fingerprint density at radius 3 is 2.52 bits per heavy atom. The van der Waals surface area contributed by atoms with Crippen molar-refractivity contribution >= 4 is 17.2 Å². The van der Waals surface area contributed by atoms with Gasteiger partial charge in [0.2, 0.25) is 0 Å². The summed E-state index contributed by atoms with van der Waals surface area (Å²) in [5, 5.41) is 13.0. The molecule has 2 saturated carbocycles. The van der Waals surface area contributed by atoms with Gasteiger partial charge in [-0.05, 0) is 104 Å². The van der Waals surface area contributed by atoms with Gasteiger partial charge >= 0.3 is 6.18 Å². The number of benzene rings is 1. The van der Waals surface area contributed by atoms with Crippen LogP contribution >= 0.6 is 0 Å². The molecule has 3 fully saturated rings. The van der Waals surface area contributed by atoms with Crippen molar-refractivity contribution in [3.05, 3.63) is 52.6 Å². The first-order chi connectivity index (χ1) is 20.0. The molecule has 1 aromatic carbocycles. The van der Waals surface area contributed by atoms with Crippen molar-refractivity contribution in [2.75, 3.05) is 31.2 Å². The largest absolute Gasteiger partial charge is 0.457 e. The first-order valence-corrected chi connectivity index (χ1v) is 15.2. The van der Waals surface area contributed by atoms with Crippen molar-refractivity contribution in [2.24, 2.45) is 33.7 Å². The number of ether oxygens (including phenoxy) is 1. The molecule has 1 aromatic rings. The number of carbonyl (C=O) groups is 1. The number of anilines is 1. The number of nitrogens with zero attached hydrogens (tertiary/aromatic N) is 2. The van der Waals surface area contributed by atoms with E-state index in [4.69, 9.17) is 4.74 Å². The molecule has 6 atom stereocenters. The maximum Gasteiger partial charge on any atom is 0.457 e. The van der Waals surface area contributed by atoms with Crippen LogP contribution in [-0.2, 0) is 9.53 Å². The van der Waals surface area contributed by atoms with Gasteiger partial charge in [-0.2, -0.15) is 13.2 Å². The molecule has 1 aliphatic heterocycles. The minimum Gasteiger partial charge on any atom is -0.411 e.